The summed E-state index contributed by atoms with van der Waals surface area (Å²) in [5.74, 6) is -1.13. The Balaban J connectivity index is 2.73. The summed E-state index contributed by atoms with van der Waals surface area (Å²) in [7, 11) is 0. The number of esters is 1. The third-order valence-electron chi connectivity index (χ3n) is 2.13. The van der Waals surface area contributed by atoms with E-state index in [2.05, 4.69) is 0 Å². The van der Waals surface area contributed by atoms with Crippen molar-refractivity contribution in [2.24, 2.45) is 0 Å². The summed E-state index contributed by atoms with van der Waals surface area (Å²) in [6, 6.07) is 2.31. The van der Waals surface area contributed by atoms with Gasteiger partial charge in [0.15, 0.2) is 0 Å². The van der Waals surface area contributed by atoms with Crippen LogP contribution >= 0.6 is 11.3 Å². The van der Waals surface area contributed by atoms with E-state index in [-0.39, 0.29) is 0 Å². The van der Waals surface area contributed by atoms with E-state index in [1.807, 2.05) is 6.92 Å². The van der Waals surface area contributed by atoms with Crippen molar-refractivity contribution in [2.75, 3.05) is 6.61 Å². The SMILES string of the molecule is CCCOC(=O)C(C)c1ccc(C(F)(F)F)s1. The molecule has 0 aliphatic rings. The first-order chi connectivity index (χ1) is 7.86. The Kier molecular flexibility index (Phi) is 4.56. The zero-order valence-corrected chi connectivity index (χ0v) is 10.3. The van der Waals surface area contributed by atoms with Gasteiger partial charge in [0.1, 0.15) is 4.88 Å². The highest BCUT2D eigenvalue weighted by Gasteiger charge is 2.33. The third-order valence-corrected chi connectivity index (χ3v) is 3.45. The first kappa shape index (κ1) is 14.0. The first-order valence-corrected chi connectivity index (χ1v) is 6.01. The van der Waals surface area contributed by atoms with Crippen LogP contribution < -0.4 is 0 Å². The molecule has 1 atom stereocenters. The van der Waals surface area contributed by atoms with Crippen LogP contribution in [0.2, 0.25) is 0 Å². The van der Waals surface area contributed by atoms with Crippen LogP contribution in [-0.2, 0) is 15.7 Å². The molecule has 1 unspecified atom stereocenters. The topological polar surface area (TPSA) is 26.3 Å². The van der Waals surface area contributed by atoms with Crippen molar-refractivity contribution in [3.8, 4) is 0 Å². The molecular formula is C11H13F3O2S. The quantitative estimate of drug-likeness (QED) is 0.774. The van der Waals surface area contributed by atoms with Crippen molar-refractivity contribution < 1.29 is 22.7 Å². The summed E-state index contributed by atoms with van der Waals surface area (Å²) in [5, 5.41) is 0. The van der Waals surface area contributed by atoms with Crippen LogP contribution in [0.25, 0.3) is 0 Å². The number of thiophene rings is 1. The molecule has 0 aliphatic carbocycles. The highest BCUT2D eigenvalue weighted by molar-refractivity contribution is 7.12. The molecule has 0 aromatic carbocycles. The second kappa shape index (κ2) is 5.53. The van der Waals surface area contributed by atoms with E-state index in [0.717, 1.165) is 6.07 Å². The van der Waals surface area contributed by atoms with Gasteiger partial charge in [-0.3, -0.25) is 4.79 Å². The minimum absolute atomic E-state index is 0.292. The minimum Gasteiger partial charge on any atom is -0.465 e. The molecule has 0 aliphatic heterocycles. The minimum atomic E-state index is -4.35. The number of carbonyl (C=O) groups is 1. The summed E-state index contributed by atoms with van der Waals surface area (Å²) in [4.78, 5) is 11.1. The fourth-order valence-electron chi connectivity index (χ4n) is 1.18. The normalized spacial score (nSPS) is 13.5. The van der Waals surface area contributed by atoms with E-state index in [9.17, 15) is 18.0 Å². The van der Waals surface area contributed by atoms with Crippen molar-refractivity contribution in [1.82, 2.24) is 0 Å². The molecule has 17 heavy (non-hydrogen) atoms. The van der Waals surface area contributed by atoms with Crippen molar-refractivity contribution in [2.45, 2.75) is 32.4 Å². The smallest absolute Gasteiger partial charge is 0.425 e. The van der Waals surface area contributed by atoms with E-state index >= 15 is 0 Å². The molecule has 0 N–H and O–H groups in total. The van der Waals surface area contributed by atoms with Gasteiger partial charge in [-0.1, -0.05) is 6.92 Å². The predicted octanol–water partition coefficient (Wildman–Crippen LogP) is 3.82. The van der Waals surface area contributed by atoms with Crippen LogP contribution in [0.4, 0.5) is 13.2 Å². The van der Waals surface area contributed by atoms with Gasteiger partial charge in [-0.15, -0.1) is 11.3 Å². The maximum absolute atomic E-state index is 12.4. The zero-order valence-electron chi connectivity index (χ0n) is 9.50. The summed E-state index contributed by atoms with van der Waals surface area (Å²) >= 11 is 0.584. The molecule has 0 saturated carbocycles. The lowest BCUT2D eigenvalue weighted by molar-refractivity contribution is -0.145. The van der Waals surface area contributed by atoms with Crippen LogP contribution in [0.15, 0.2) is 12.1 Å². The van der Waals surface area contributed by atoms with Crippen molar-refractivity contribution in [3.05, 3.63) is 21.9 Å². The summed E-state index contributed by atoms with van der Waals surface area (Å²) in [6.07, 6.45) is -3.66. The Labute approximate surface area is 101 Å². The molecule has 0 radical (unpaired) electrons. The fourth-order valence-corrected chi connectivity index (χ4v) is 2.10. The van der Waals surface area contributed by atoms with Gasteiger partial charge in [-0.2, -0.15) is 13.2 Å². The van der Waals surface area contributed by atoms with Crippen molar-refractivity contribution in [3.63, 3.8) is 0 Å². The molecule has 1 rings (SSSR count). The van der Waals surface area contributed by atoms with Crippen LogP contribution in [0.5, 0.6) is 0 Å². The van der Waals surface area contributed by atoms with Crippen LogP contribution in [0.1, 0.15) is 35.9 Å². The van der Waals surface area contributed by atoms with Gasteiger partial charge in [-0.25, -0.2) is 0 Å². The fraction of sp³-hybridized carbons (Fsp3) is 0.545. The standard InChI is InChI=1S/C11H13F3O2S/c1-3-6-16-10(15)7(2)8-4-5-9(17-8)11(12,13)14/h4-5,7H,3,6H2,1-2H3. The number of ether oxygens (including phenoxy) is 1. The van der Waals surface area contributed by atoms with E-state index in [4.69, 9.17) is 4.74 Å². The zero-order chi connectivity index (χ0) is 13.1. The number of hydrogen-bond acceptors (Lipinski definition) is 3. The lowest BCUT2D eigenvalue weighted by atomic mass is 10.1. The van der Waals surface area contributed by atoms with E-state index in [1.54, 1.807) is 6.92 Å². The van der Waals surface area contributed by atoms with Gasteiger partial charge in [0.25, 0.3) is 0 Å². The number of rotatable bonds is 4. The Morgan fingerprint density at radius 3 is 2.59 bits per heavy atom. The highest BCUT2D eigenvalue weighted by atomic mass is 32.1. The number of alkyl halides is 3. The van der Waals surface area contributed by atoms with Gasteiger partial charge in [0, 0.05) is 4.88 Å². The number of carbonyl (C=O) groups excluding carboxylic acids is 1. The number of hydrogen-bond donors (Lipinski definition) is 0. The predicted molar refractivity (Wildman–Crippen MR) is 59.0 cm³/mol. The van der Waals surface area contributed by atoms with Gasteiger partial charge < -0.3 is 4.74 Å². The molecule has 0 bridgehead atoms. The molecule has 96 valence electrons. The first-order valence-electron chi connectivity index (χ1n) is 5.19. The Morgan fingerprint density at radius 1 is 1.47 bits per heavy atom. The Hall–Kier alpha value is -1.04. The lowest BCUT2D eigenvalue weighted by Gasteiger charge is -2.09. The average Bonchev–Trinajstić information content (AvgIpc) is 2.73. The summed E-state index contributed by atoms with van der Waals surface area (Å²) < 4.78 is 42.0. The molecule has 0 fully saturated rings. The van der Waals surface area contributed by atoms with Crippen molar-refractivity contribution >= 4 is 17.3 Å². The molecule has 6 heteroatoms. The monoisotopic (exact) mass is 266 g/mol. The Bertz CT molecular complexity index is 384. The van der Waals surface area contributed by atoms with Gasteiger partial charge in [-0.05, 0) is 25.5 Å². The molecule has 1 aromatic heterocycles. The molecule has 1 heterocycles. The van der Waals surface area contributed by atoms with E-state index in [0.29, 0.717) is 29.2 Å². The molecular weight excluding hydrogens is 253 g/mol. The average molecular weight is 266 g/mol. The second-order valence-corrected chi connectivity index (χ2v) is 4.70. The molecule has 1 aromatic rings. The molecule has 0 spiro atoms. The third kappa shape index (κ3) is 3.73. The maximum Gasteiger partial charge on any atom is 0.425 e. The van der Waals surface area contributed by atoms with Gasteiger partial charge in [0.2, 0.25) is 0 Å². The molecule has 0 amide bonds. The highest BCUT2D eigenvalue weighted by Crippen LogP contribution is 2.37. The van der Waals surface area contributed by atoms with Crippen LogP contribution in [0.3, 0.4) is 0 Å². The maximum atomic E-state index is 12.4. The van der Waals surface area contributed by atoms with Gasteiger partial charge >= 0.3 is 12.1 Å². The van der Waals surface area contributed by atoms with Crippen molar-refractivity contribution in [1.29, 1.82) is 0 Å². The van der Waals surface area contributed by atoms with Crippen LogP contribution in [-0.4, -0.2) is 12.6 Å². The molecule has 2 nitrogen and oxygen atoms in total. The van der Waals surface area contributed by atoms with E-state index in [1.165, 1.54) is 6.07 Å². The summed E-state index contributed by atoms with van der Waals surface area (Å²) in [5.41, 5.74) is 0. The second-order valence-electron chi connectivity index (χ2n) is 3.59. The summed E-state index contributed by atoms with van der Waals surface area (Å²) in [6.45, 7) is 3.69. The molecule has 0 saturated heterocycles. The van der Waals surface area contributed by atoms with Crippen LogP contribution in [0, 0.1) is 0 Å². The van der Waals surface area contributed by atoms with Gasteiger partial charge in [0.05, 0.1) is 12.5 Å². The number of halogens is 3. The Morgan fingerprint density at radius 2 is 2.12 bits per heavy atom. The lowest BCUT2D eigenvalue weighted by Crippen LogP contribution is -2.12. The van der Waals surface area contributed by atoms with E-state index < -0.39 is 22.9 Å². The largest absolute Gasteiger partial charge is 0.465 e.